The minimum Gasteiger partial charge on any atom is -0.315 e. The first-order valence-corrected chi connectivity index (χ1v) is 7.41. The zero-order valence-corrected chi connectivity index (χ0v) is 11.7. The molecule has 102 valence electrons. The van der Waals surface area contributed by atoms with E-state index in [0.29, 0.717) is 0 Å². The van der Waals surface area contributed by atoms with E-state index in [9.17, 15) is 5.26 Å². The van der Waals surface area contributed by atoms with Crippen molar-refractivity contribution in [3.05, 3.63) is 48.0 Å². The Hall–Kier alpha value is -1.85. The summed E-state index contributed by atoms with van der Waals surface area (Å²) in [6, 6.07) is 17.6. The standard InChI is InChI=1S/C18H20N2/c19-13-18(9-3-10-18)14-20-11-8-15-6-7-16-4-1-2-5-17(16)12-15/h1-2,4-7,12,20H,3,8-11,14H2. The monoisotopic (exact) mass is 264 g/mol. The lowest BCUT2D eigenvalue weighted by molar-refractivity contribution is 0.208. The molecular formula is C18H20N2. The highest BCUT2D eigenvalue weighted by Crippen LogP contribution is 2.39. The average Bonchev–Trinajstić information content (AvgIpc) is 2.46. The third kappa shape index (κ3) is 2.69. The molecule has 1 aliphatic carbocycles. The molecule has 2 nitrogen and oxygen atoms in total. The molecule has 0 saturated heterocycles. The molecule has 2 heteroatoms. The molecule has 2 aromatic rings. The van der Waals surface area contributed by atoms with E-state index in [-0.39, 0.29) is 5.41 Å². The zero-order valence-electron chi connectivity index (χ0n) is 11.7. The lowest BCUT2D eigenvalue weighted by atomic mass is 9.70. The van der Waals surface area contributed by atoms with Crippen LogP contribution in [-0.2, 0) is 6.42 Å². The second-order valence-electron chi connectivity index (χ2n) is 5.85. The number of benzene rings is 2. The van der Waals surface area contributed by atoms with Gasteiger partial charge in [0.05, 0.1) is 11.5 Å². The summed E-state index contributed by atoms with van der Waals surface area (Å²) in [5.41, 5.74) is 1.29. The number of rotatable bonds is 5. The SMILES string of the molecule is N#CC1(CNCCc2ccc3ccccc3c2)CCC1. The van der Waals surface area contributed by atoms with Crippen LogP contribution in [0.25, 0.3) is 10.8 Å². The van der Waals surface area contributed by atoms with E-state index in [1.807, 2.05) is 0 Å². The van der Waals surface area contributed by atoms with E-state index in [0.717, 1.165) is 32.4 Å². The molecule has 1 fully saturated rings. The molecule has 2 aromatic carbocycles. The van der Waals surface area contributed by atoms with Crippen molar-refractivity contribution in [3.63, 3.8) is 0 Å². The van der Waals surface area contributed by atoms with E-state index in [2.05, 4.69) is 53.9 Å². The molecule has 3 rings (SSSR count). The van der Waals surface area contributed by atoms with E-state index in [4.69, 9.17) is 0 Å². The van der Waals surface area contributed by atoms with Gasteiger partial charge in [0.1, 0.15) is 0 Å². The molecule has 1 saturated carbocycles. The second kappa shape index (κ2) is 5.64. The fourth-order valence-electron chi connectivity index (χ4n) is 2.89. The summed E-state index contributed by atoms with van der Waals surface area (Å²) in [6.45, 7) is 1.79. The van der Waals surface area contributed by atoms with Crippen LogP contribution in [0.3, 0.4) is 0 Å². The number of hydrogen-bond acceptors (Lipinski definition) is 2. The van der Waals surface area contributed by atoms with Crippen molar-refractivity contribution in [1.29, 1.82) is 5.26 Å². The number of nitrogens with zero attached hydrogens (tertiary/aromatic N) is 1. The highest BCUT2D eigenvalue weighted by Gasteiger charge is 2.36. The lowest BCUT2D eigenvalue weighted by Crippen LogP contribution is -2.39. The van der Waals surface area contributed by atoms with Crippen molar-refractivity contribution in [2.24, 2.45) is 5.41 Å². The molecule has 0 aromatic heterocycles. The van der Waals surface area contributed by atoms with Crippen LogP contribution >= 0.6 is 0 Å². The van der Waals surface area contributed by atoms with Crippen LogP contribution in [0, 0.1) is 16.7 Å². The quantitative estimate of drug-likeness (QED) is 0.836. The summed E-state index contributed by atoms with van der Waals surface area (Å²) in [4.78, 5) is 0. The van der Waals surface area contributed by atoms with Crippen LogP contribution < -0.4 is 5.32 Å². The van der Waals surface area contributed by atoms with Crippen LogP contribution in [0.1, 0.15) is 24.8 Å². The molecule has 0 radical (unpaired) electrons. The molecule has 1 N–H and O–H groups in total. The minimum absolute atomic E-state index is 0.0661. The van der Waals surface area contributed by atoms with Gasteiger partial charge in [-0.1, -0.05) is 48.9 Å². The molecule has 0 aliphatic heterocycles. The van der Waals surface area contributed by atoms with Crippen LogP contribution in [0.5, 0.6) is 0 Å². The Balaban J connectivity index is 1.54. The van der Waals surface area contributed by atoms with Crippen molar-refractivity contribution in [1.82, 2.24) is 5.32 Å². The molecule has 0 heterocycles. The Labute approximate surface area is 120 Å². The van der Waals surface area contributed by atoms with Gasteiger partial charge in [-0.05, 0) is 42.1 Å². The predicted octanol–water partition coefficient (Wildman–Crippen LogP) is 3.67. The molecule has 0 unspecified atom stereocenters. The van der Waals surface area contributed by atoms with E-state index in [1.54, 1.807) is 0 Å². The van der Waals surface area contributed by atoms with Gasteiger partial charge in [-0.15, -0.1) is 0 Å². The molecule has 0 atom stereocenters. The normalized spacial score (nSPS) is 16.6. The number of nitriles is 1. The molecule has 0 spiro atoms. The van der Waals surface area contributed by atoms with Gasteiger partial charge < -0.3 is 5.32 Å². The average molecular weight is 264 g/mol. The maximum absolute atomic E-state index is 9.18. The molecule has 0 amide bonds. The van der Waals surface area contributed by atoms with Gasteiger partial charge in [0.25, 0.3) is 0 Å². The van der Waals surface area contributed by atoms with E-state index in [1.165, 1.54) is 22.8 Å². The van der Waals surface area contributed by atoms with E-state index < -0.39 is 0 Å². The summed E-state index contributed by atoms with van der Waals surface area (Å²) in [5.74, 6) is 0. The summed E-state index contributed by atoms with van der Waals surface area (Å²) < 4.78 is 0. The smallest absolute Gasteiger partial charge is 0.0703 e. The van der Waals surface area contributed by atoms with Crippen LogP contribution in [0.15, 0.2) is 42.5 Å². The highest BCUT2D eigenvalue weighted by atomic mass is 14.9. The fourth-order valence-corrected chi connectivity index (χ4v) is 2.89. The maximum atomic E-state index is 9.18. The first kappa shape index (κ1) is 13.1. The van der Waals surface area contributed by atoms with Gasteiger partial charge >= 0.3 is 0 Å². The van der Waals surface area contributed by atoms with Crippen LogP contribution in [0.2, 0.25) is 0 Å². The summed E-state index contributed by atoms with van der Waals surface area (Å²) >= 11 is 0. The Morgan fingerprint density at radius 1 is 1.10 bits per heavy atom. The highest BCUT2D eigenvalue weighted by molar-refractivity contribution is 5.82. The van der Waals surface area contributed by atoms with Crippen molar-refractivity contribution >= 4 is 10.8 Å². The Kier molecular flexibility index (Phi) is 3.71. The summed E-state index contributed by atoms with van der Waals surface area (Å²) in [5, 5.41) is 15.2. The van der Waals surface area contributed by atoms with Crippen molar-refractivity contribution in [3.8, 4) is 6.07 Å². The number of hydrogen-bond donors (Lipinski definition) is 1. The number of nitrogens with one attached hydrogen (secondary N) is 1. The molecule has 1 aliphatic rings. The summed E-state index contributed by atoms with van der Waals surface area (Å²) in [6.07, 6.45) is 4.35. The Morgan fingerprint density at radius 3 is 2.60 bits per heavy atom. The van der Waals surface area contributed by atoms with Gasteiger partial charge in [0.2, 0.25) is 0 Å². The van der Waals surface area contributed by atoms with Crippen LogP contribution in [0.4, 0.5) is 0 Å². The molecule has 20 heavy (non-hydrogen) atoms. The first-order valence-electron chi connectivity index (χ1n) is 7.41. The number of fused-ring (bicyclic) bond motifs is 1. The molecular weight excluding hydrogens is 244 g/mol. The Bertz CT molecular complexity index is 635. The Morgan fingerprint density at radius 2 is 1.90 bits per heavy atom. The lowest BCUT2D eigenvalue weighted by Gasteiger charge is -2.35. The maximum Gasteiger partial charge on any atom is 0.0703 e. The van der Waals surface area contributed by atoms with Gasteiger partial charge in [0.15, 0.2) is 0 Å². The molecule has 0 bridgehead atoms. The minimum atomic E-state index is -0.0661. The van der Waals surface area contributed by atoms with Crippen molar-refractivity contribution in [2.45, 2.75) is 25.7 Å². The van der Waals surface area contributed by atoms with Gasteiger partial charge in [0, 0.05) is 6.54 Å². The largest absolute Gasteiger partial charge is 0.315 e. The topological polar surface area (TPSA) is 35.8 Å². The van der Waals surface area contributed by atoms with Gasteiger partial charge in [-0.3, -0.25) is 0 Å². The third-order valence-corrected chi connectivity index (χ3v) is 4.42. The van der Waals surface area contributed by atoms with Crippen molar-refractivity contribution in [2.75, 3.05) is 13.1 Å². The van der Waals surface area contributed by atoms with Gasteiger partial charge in [-0.25, -0.2) is 0 Å². The van der Waals surface area contributed by atoms with Crippen LogP contribution in [-0.4, -0.2) is 13.1 Å². The second-order valence-corrected chi connectivity index (χ2v) is 5.85. The van der Waals surface area contributed by atoms with Crippen molar-refractivity contribution < 1.29 is 0 Å². The summed E-state index contributed by atoms with van der Waals surface area (Å²) in [7, 11) is 0. The first-order chi connectivity index (χ1) is 9.81. The predicted molar refractivity (Wildman–Crippen MR) is 82.4 cm³/mol. The zero-order chi connectivity index (χ0) is 13.8. The third-order valence-electron chi connectivity index (χ3n) is 4.42. The van der Waals surface area contributed by atoms with Gasteiger partial charge in [-0.2, -0.15) is 5.26 Å². The fraction of sp³-hybridized carbons (Fsp3) is 0.389. The van der Waals surface area contributed by atoms with E-state index >= 15 is 0 Å².